The van der Waals surface area contributed by atoms with E-state index in [1.807, 2.05) is 0 Å². The Labute approximate surface area is 138 Å². The lowest BCUT2D eigenvalue weighted by molar-refractivity contribution is 0.601. The number of nitrogens with zero attached hydrogens (tertiary/aromatic N) is 2. The van der Waals surface area contributed by atoms with Crippen LogP contribution in [0.15, 0.2) is 47.9 Å². The summed E-state index contributed by atoms with van der Waals surface area (Å²) in [6.07, 6.45) is 1.67. The van der Waals surface area contributed by atoms with Gasteiger partial charge in [0.1, 0.15) is 5.82 Å². The van der Waals surface area contributed by atoms with Gasteiger partial charge >= 0.3 is 0 Å². The van der Waals surface area contributed by atoms with E-state index >= 15 is 0 Å². The highest BCUT2D eigenvalue weighted by molar-refractivity contribution is 7.92. The highest BCUT2D eigenvalue weighted by Crippen LogP contribution is 2.25. The second-order valence-electron chi connectivity index (χ2n) is 4.15. The van der Waals surface area contributed by atoms with Crippen molar-refractivity contribution in [3.8, 4) is 0 Å². The van der Waals surface area contributed by atoms with E-state index in [0.717, 1.165) is 0 Å². The van der Waals surface area contributed by atoms with Gasteiger partial charge in [-0.2, -0.15) is 0 Å². The van der Waals surface area contributed by atoms with E-state index in [4.69, 9.17) is 23.2 Å². The van der Waals surface area contributed by atoms with Crippen LogP contribution < -0.4 is 10.0 Å². The van der Waals surface area contributed by atoms with E-state index in [9.17, 15) is 8.42 Å². The lowest BCUT2D eigenvalue weighted by Crippen LogP contribution is -2.14. The molecular formula is C13H12Cl2N4O2S. The van der Waals surface area contributed by atoms with Crippen molar-refractivity contribution in [2.45, 2.75) is 4.90 Å². The summed E-state index contributed by atoms with van der Waals surface area (Å²) in [6, 6.07) is 7.12. The molecule has 0 aliphatic carbocycles. The van der Waals surface area contributed by atoms with E-state index in [1.165, 1.54) is 24.3 Å². The minimum Gasteiger partial charge on any atom is -0.365 e. The summed E-state index contributed by atoms with van der Waals surface area (Å²) in [4.78, 5) is -0.0161. The van der Waals surface area contributed by atoms with Gasteiger partial charge in [-0.15, -0.1) is 16.8 Å². The predicted molar refractivity (Wildman–Crippen MR) is 88.0 cm³/mol. The van der Waals surface area contributed by atoms with Crippen LogP contribution in [-0.2, 0) is 10.0 Å². The zero-order chi connectivity index (χ0) is 16.2. The van der Waals surface area contributed by atoms with Crippen LogP contribution in [-0.4, -0.2) is 25.2 Å². The van der Waals surface area contributed by atoms with Crippen LogP contribution >= 0.6 is 23.2 Å². The molecule has 0 spiro atoms. The second-order valence-corrected chi connectivity index (χ2v) is 6.65. The molecule has 2 aromatic rings. The molecule has 1 heterocycles. The van der Waals surface area contributed by atoms with Crippen LogP contribution in [0, 0.1) is 0 Å². The molecule has 0 amide bonds. The third kappa shape index (κ3) is 4.09. The Morgan fingerprint density at radius 2 is 1.77 bits per heavy atom. The SMILES string of the molecule is C=CCNc1ccc(NS(=O)(=O)c2ccc(Cl)c(Cl)c2)nn1. The van der Waals surface area contributed by atoms with E-state index < -0.39 is 10.0 Å². The first-order valence-electron chi connectivity index (χ1n) is 6.09. The maximum atomic E-state index is 12.2. The van der Waals surface area contributed by atoms with Crippen molar-refractivity contribution in [1.29, 1.82) is 0 Å². The quantitative estimate of drug-likeness (QED) is 0.774. The van der Waals surface area contributed by atoms with Gasteiger partial charge in [0.05, 0.1) is 14.9 Å². The van der Waals surface area contributed by atoms with Crippen molar-refractivity contribution in [2.24, 2.45) is 0 Å². The van der Waals surface area contributed by atoms with E-state index in [0.29, 0.717) is 12.4 Å². The molecular weight excluding hydrogens is 347 g/mol. The third-order valence-corrected chi connectivity index (χ3v) is 4.62. The molecule has 0 unspecified atom stereocenters. The molecule has 0 bridgehead atoms. The Bertz CT molecular complexity index is 779. The van der Waals surface area contributed by atoms with Crippen molar-refractivity contribution < 1.29 is 8.42 Å². The largest absolute Gasteiger partial charge is 0.365 e. The number of rotatable bonds is 6. The normalized spacial score (nSPS) is 11.0. The number of benzene rings is 1. The molecule has 116 valence electrons. The second kappa shape index (κ2) is 6.95. The van der Waals surface area contributed by atoms with Crippen molar-refractivity contribution in [3.63, 3.8) is 0 Å². The van der Waals surface area contributed by atoms with Gasteiger partial charge in [0.15, 0.2) is 5.82 Å². The zero-order valence-electron chi connectivity index (χ0n) is 11.3. The molecule has 0 saturated carbocycles. The van der Waals surface area contributed by atoms with Gasteiger partial charge in [-0.3, -0.25) is 4.72 Å². The lowest BCUT2D eigenvalue weighted by atomic mass is 10.4. The summed E-state index contributed by atoms with van der Waals surface area (Å²) in [5, 5.41) is 11.0. The number of aromatic nitrogens is 2. The average molecular weight is 359 g/mol. The molecule has 0 atom stereocenters. The molecule has 0 saturated heterocycles. The van der Waals surface area contributed by atoms with Gasteiger partial charge in [-0.1, -0.05) is 29.3 Å². The molecule has 0 radical (unpaired) electrons. The molecule has 1 aromatic carbocycles. The summed E-state index contributed by atoms with van der Waals surface area (Å²) in [6.45, 7) is 4.10. The summed E-state index contributed by atoms with van der Waals surface area (Å²) in [5.74, 6) is 0.604. The van der Waals surface area contributed by atoms with Crippen LogP contribution in [0.4, 0.5) is 11.6 Å². The first kappa shape index (κ1) is 16.5. The average Bonchev–Trinajstić information content (AvgIpc) is 2.49. The summed E-state index contributed by atoms with van der Waals surface area (Å²) in [7, 11) is -3.81. The van der Waals surface area contributed by atoms with Crippen LogP contribution in [0.3, 0.4) is 0 Å². The summed E-state index contributed by atoms with van der Waals surface area (Å²) in [5.41, 5.74) is 0. The standard InChI is InChI=1S/C13H12Cl2N4O2S/c1-2-7-16-12-5-6-13(18-17-12)19-22(20,21)9-3-4-10(14)11(15)8-9/h2-6,8H,1,7H2,(H,16,17)(H,18,19). The van der Waals surface area contributed by atoms with Gasteiger partial charge < -0.3 is 5.32 Å². The van der Waals surface area contributed by atoms with Gasteiger partial charge in [0.2, 0.25) is 0 Å². The molecule has 1 aromatic heterocycles. The van der Waals surface area contributed by atoms with E-state index in [2.05, 4.69) is 26.8 Å². The van der Waals surface area contributed by atoms with Crippen molar-refractivity contribution >= 4 is 44.9 Å². The predicted octanol–water partition coefficient (Wildman–Crippen LogP) is 3.18. The number of anilines is 2. The fourth-order valence-electron chi connectivity index (χ4n) is 1.50. The minimum atomic E-state index is -3.81. The van der Waals surface area contributed by atoms with Gasteiger partial charge in [0, 0.05) is 6.54 Å². The fourth-order valence-corrected chi connectivity index (χ4v) is 2.88. The Kier molecular flexibility index (Phi) is 5.23. The fraction of sp³-hybridized carbons (Fsp3) is 0.0769. The van der Waals surface area contributed by atoms with Crippen LogP contribution in [0.5, 0.6) is 0 Å². The minimum absolute atomic E-state index is 0.0161. The van der Waals surface area contributed by atoms with E-state index in [1.54, 1.807) is 12.1 Å². The van der Waals surface area contributed by atoms with E-state index in [-0.39, 0.29) is 20.8 Å². The number of sulfonamides is 1. The van der Waals surface area contributed by atoms with Crippen LogP contribution in [0.2, 0.25) is 10.0 Å². The maximum Gasteiger partial charge on any atom is 0.263 e. The van der Waals surface area contributed by atoms with Gasteiger partial charge in [-0.05, 0) is 30.3 Å². The molecule has 2 rings (SSSR count). The number of halogens is 2. The van der Waals surface area contributed by atoms with Crippen LogP contribution in [0.25, 0.3) is 0 Å². The van der Waals surface area contributed by atoms with Crippen molar-refractivity contribution in [2.75, 3.05) is 16.6 Å². The Hall–Kier alpha value is -1.83. The third-order valence-electron chi connectivity index (χ3n) is 2.53. The van der Waals surface area contributed by atoms with Gasteiger partial charge in [-0.25, -0.2) is 8.42 Å². The topological polar surface area (TPSA) is 84.0 Å². The first-order valence-corrected chi connectivity index (χ1v) is 8.32. The molecule has 2 N–H and O–H groups in total. The smallest absolute Gasteiger partial charge is 0.263 e. The maximum absolute atomic E-state index is 12.2. The lowest BCUT2D eigenvalue weighted by Gasteiger charge is -2.08. The molecule has 0 aliphatic rings. The molecule has 6 nitrogen and oxygen atoms in total. The Morgan fingerprint density at radius 3 is 2.36 bits per heavy atom. The molecule has 0 aliphatic heterocycles. The summed E-state index contributed by atoms with van der Waals surface area (Å²) >= 11 is 11.6. The molecule has 9 heteroatoms. The first-order chi connectivity index (χ1) is 10.4. The highest BCUT2D eigenvalue weighted by atomic mass is 35.5. The Morgan fingerprint density at radius 1 is 1.09 bits per heavy atom. The number of nitrogens with one attached hydrogen (secondary N) is 2. The monoisotopic (exact) mass is 358 g/mol. The molecule has 22 heavy (non-hydrogen) atoms. The number of hydrogen-bond acceptors (Lipinski definition) is 5. The molecule has 0 fully saturated rings. The van der Waals surface area contributed by atoms with Crippen molar-refractivity contribution in [1.82, 2.24) is 10.2 Å². The highest BCUT2D eigenvalue weighted by Gasteiger charge is 2.16. The number of hydrogen-bond donors (Lipinski definition) is 2. The zero-order valence-corrected chi connectivity index (χ0v) is 13.6. The summed E-state index contributed by atoms with van der Waals surface area (Å²) < 4.78 is 26.7. The Balaban J connectivity index is 2.17. The van der Waals surface area contributed by atoms with Crippen LogP contribution in [0.1, 0.15) is 0 Å². The van der Waals surface area contributed by atoms with Gasteiger partial charge in [0.25, 0.3) is 10.0 Å². The van der Waals surface area contributed by atoms with Crippen molar-refractivity contribution in [3.05, 3.63) is 53.0 Å².